The van der Waals surface area contributed by atoms with Crippen LogP contribution in [0.2, 0.25) is 0 Å². The maximum atomic E-state index is 11.7. The van der Waals surface area contributed by atoms with Gasteiger partial charge in [-0.1, -0.05) is 23.5 Å². The van der Waals surface area contributed by atoms with E-state index in [1.54, 1.807) is 16.8 Å². The van der Waals surface area contributed by atoms with Crippen LogP contribution in [0.4, 0.5) is 5.95 Å². The Morgan fingerprint density at radius 3 is 3.12 bits per heavy atom. The average molecular weight is 257 g/mol. The highest BCUT2D eigenvalue weighted by Gasteiger charge is 2.08. The topological polar surface area (TPSA) is 73.8 Å². The van der Waals surface area contributed by atoms with Gasteiger partial charge in [0, 0.05) is 12.4 Å². The van der Waals surface area contributed by atoms with E-state index in [0.717, 1.165) is 16.0 Å². The first kappa shape index (κ1) is 11.1. The van der Waals surface area contributed by atoms with Crippen molar-refractivity contribution in [2.45, 2.75) is 6.54 Å². The number of hydrogen-bond acceptors (Lipinski definition) is 5. The molecule has 0 saturated heterocycles. The number of nitrogens with two attached hydrogens (primary N) is 1. The molecule has 2 rings (SSSR count). The number of hydrogen-bond donors (Lipinski definition) is 1. The molecule has 0 aliphatic heterocycles. The summed E-state index contributed by atoms with van der Waals surface area (Å²) in [6.45, 7) is 0.446. The number of alkyl halides is 1. The largest absolute Gasteiger partial charge is 0.368 e. The van der Waals surface area contributed by atoms with Crippen molar-refractivity contribution in [2.24, 2.45) is 0 Å². The molecule has 2 aromatic heterocycles. The summed E-state index contributed by atoms with van der Waals surface area (Å²) >= 11 is 6.61. The maximum absolute atomic E-state index is 11.7. The minimum Gasteiger partial charge on any atom is -0.368 e. The van der Waals surface area contributed by atoms with E-state index in [-0.39, 0.29) is 10.8 Å². The Kier molecular flexibility index (Phi) is 3.21. The number of allylic oxidation sites excluding steroid dienone is 2. The molecule has 0 saturated carbocycles. The summed E-state index contributed by atoms with van der Waals surface area (Å²) < 4.78 is 2.28. The van der Waals surface area contributed by atoms with Crippen LogP contribution in [0, 0.1) is 0 Å². The molecule has 0 radical (unpaired) electrons. The quantitative estimate of drug-likeness (QED) is 0.662. The zero-order valence-electron chi connectivity index (χ0n) is 8.26. The van der Waals surface area contributed by atoms with Gasteiger partial charge < -0.3 is 5.73 Å². The Balaban J connectivity index is 2.50. The number of fused-ring (bicyclic) bond motifs is 1. The van der Waals surface area contributed by atoms with E-state index in [1.165, 1.54) is 0 Å². The molecule has 84 valence electrons. The summed E-state index contributed by atoms with van der Waals surface area (Å²) in [5, 5.41) is 0. The van der Waals surface area contributed by atoms with E-state index in [2.05, 4.69) is 9.97 Å². The van der Waals surface area contributed by atoms with Gasteiger partial charge >= 0.3 is 4.87 Å². The van der Waals surface area contributed by atoms with Crippen LogP contribution >= 0.6 is 22.9 Å². The predicted octanol–water partition coefficient (Wildman–Crippen LogP) is 1.23. The molecule has 2 N–H and O–H groups in total. The molecule has 7 heteroatoms. The number of nitrogen functional groups attached to an aromatic ring is 1. The Morgan fingerprint density at radius 2 is 2.38 bits per heavy atom. The first-order valence-electron chi connectivity index (χ1n) is 4.55. The molecule has 0 spiro atoms. The molecule has 0 amide bonds. The summed E-state index contributed by atoms with van der Waals surface area (Å²) in [4.78, 5) is 19.5. The van der Waals surface area contributed by atoms with E-state index in [4.69, 9.17) is 17.3 Å². The number of halogens is 1. The highest BCUT2D eigenvalue weighted by Crippen LogP contribution is 2.14. The summed E-state index contributed by atoms with van der Waals surface area (Å²) in [6, 6.07) is 0. The zero-order valence-corrected chi connectivity index (χ0v) is 9.83. The monoisotopic (exact) mass is 256 g/mol. The average Bonchev–Trinajstić information content (AvgIpc) is 2.56. The fourth-order valence-electron chi connectivity index (χ4n) is 1.28. The second-order valence-corrected chi connectivity index (χ2v) is 4.32. The molecule has 0 aromatic carbocycles. The number of nitrogens with zero attached hydrogens (tertiary/aromatic N) is 3. The fourth-order valence-corrected chi connectivity index (χ4v) is 2.22. The van der Waals surface area contributed by atoms with Crippen molar-refractivity contribution >= 4 is 39.2 Å². The number of aromatic nitrogens is 3. The standard InChI is InChI=1S/C9H9ClN4OS/c10-3-1-2-4-14-7-6(16-9(14)15)5-12-8(11)13-7/h1-2,5H,3-4H2,(H2,11,12,13). The second-order valence-electron chi connectivity index (χ2n) is 3.02. The highest BCUT2D eigenvalue weighted by atomic mass is 35.5. The van der Waals surface area contributed by atoms with Crippen LogP contribution in [0.25, 0.3) is 10.3 Å². The van der Waals surface area contributed by atoms with Gasteiger partial charge in [-0.3, -0.25) is 9.36 Å². The Bertz CT molecular complexity index is 589. The Hall–Kier alpha value is -1.40. The van der Waals surface area contributed by atoms with Gasteiger partial charge in [0.25, 0.3) is 0 Å². The van der Waals surface area contributed by atoms with Crippen LogP contribution in [-0.2, 0) is 6.54 Å². The van der Waals surface area contributed by atoms with Crippen LogP contribution < -0.4 is 10.6 Å². The lowest BCUT2D eigenvalue weighted by Gasteiger charge is -1.98. The van der Waals surface area contributed by atoms with E-state index in [1.807, 2.05) is 6.08 Å². The number of anilines is 1. The first-order valence-corrected chi connectivity index (χ1v) is 5.90. The Morgan fingerprint density at radius 1 is 1.56 bits per heavy atom. The predicted molar refractivity (Wildman–Crippen MR) is 65.9 cm³/mol. The van der Waals surface area contributed by atoms with Gasteiger partial charge in [-0.05, 0) is 0 Å². The lowest BCUT2D eigenvalue weighted by Crippen LogP contribution is -2.12. The molecule has 2 heterocycles. The molecule has 0 aliphatic rings. The SMILES string of the molecule is Nc1ncc2sc(=O)n(CC=CCCl)c2n1. The van der Waals surface area contributed by atoms with E-state index >= 15 is 0 Å². The smallest absolute Gasteiger partial charge is 0.309 e. The van der Waals surface area contributed by atoms with Crippen LogP contribution in [0.1, 0.15) is 0 Å². The fraction of sp³-hybridized carbons (Fsp3) is 0.222. The molecule has 2 aromatic rings. The van der Waals surface area contributed by atoms with Crippen molar-refractivity contribution in [1.82, 2.24) is 14.5 Å². The van der Waals surface area contributed by atoms with Crippen molar-refractivity contribution in [3.63, 3.8) is 0 Å². The minimum atomic E-state index is -0.0749. The van der Waals surface area contributed by atoms with Crippen LogP contribution in [0.15, 0.2) is 23.1 Å². The first-order chi connectivity index (χ1) is 7.72. The third kappa shape index (κ3) is 2.07. The zero-order chi connectivity index (χ0) is 11.5. The third-order valence-electron chi connectivity index (χ3n) is 1.97. The van der Waals surface area contributed by atoms with Gasteiger partial charge in [0.2, 0.25) is 5.95 Å². The van der Waals surface area contributed by atoms with Gasteiger partial charge in [-0.2, -0.15) is 4.98 Å². The molecule has 5 nitrogen and oxygen atoms in total. The molecular weight excluding hydrogens is 248 g/mol. The second kappa shape index (κ2) is 4.63. The van der Waals surface area contributed by atoms with Crippen molar-refractivity contribution in [3.05, 3.63) is 28.0 Å². The molecule has 16 heavy (non-hydrogen) atoms. The Labute approximate surface area is 100 Å². The van der Waals surface area contributed by atoms with Gasteiger partial charge in [-0.25, -0.2) is 4.98 Å². The van der Waals surface area contributed by atoms with Gasteiger partial charge in [0.15, 0.2) is 5.65 Å². The lowest BCUT2D eigenvalue weighted by molar-refractivity contribution is 0.825. The van der Waals surface area contributed by atoms with Crippen LogP contribution in [0.3, 0.4) is 0 Å². The summed E-state index contributed by atoms with van der Waals surface area (Å²) in [7, 11) is 0. The molecule has 0 bridgehead atoms. The van der Waals surface area contributed by atoms with Crippen molar-refractivity contribution in [1.29, 1.82) is 0 Å². The van der Waals surface area contributed by atoms with Gasteiger partial charge in [-0.15, -0.1) is 11.6 Å². The molecular formula is C9H9ClN4OS. The normalized spacial score (nSPS) is 11.6. The highest BCUT2D eigenvalue weighted by molar-refractivity contribution is 7.16. The van der Waals surface area contributed by atoms with Crippen molar-refractivity contribution in [2.75, 3.05) is 11.6 Å². The minimum absolute atomic E-state index is 0.0749. The molecule has 0 aliphatic carbocycles. The van der Waals surface area contributed by atoms with Crippen LogP contribution in [-0.4, -0.2) is 20.4 Å². The summed E-state index contributed by atoms with van der Waals surface area (Å²) in [5.41, 5.74) is 6.06. The summed E-state index contributed by atoms with van der Waals surface area (Å²) in [6.07, 6.45) is 5.16. The van der Waals surface area contributed by atoms with E-state index in [0.29, 0.717) is 18.1 Å². The van der Waals surface area contributed by atoms with Crippen LogP contribution in [0.5, 0.6) is 0 Å². The molecule has 0 unspecified atom stereocenters. The van der Waals surface area contributed by atoms with Gasteiger partial charge in [0.1, 0.15) is 0 Å². The molecule has 0 atom stereocenters. The van der Waals surface area contributed by atoms with Crippen molar-refractivity contribution < 1.29 is 0 Å². The summed E-state index contributed by atoms with van der Waals surface area (Å²) in [5.74, 6) is 0.592. The third-order valence-corrected chi connectivity index (χ3v) is 3.05. The van der Waals surface area contributed by atoms with E-state index < -0.39 is 0 Å². The number of thiazole rings is 1. The molecule has 0 fully saturated rings. The number of rotatable bonds is 3. The van der Waals surface area contributed by atoms with Gasteiger partial charge in [0.05, 0.1) is 10.9 Å². The lowest BCUT2D eigenvalue weighted by atomic mass is 10.5. The maximum Gasteiger partial charge on any atom is 0.309 e. The van der Waals surface area contributed by atoms with Crippen molar-refractivity contribution in [3.8, 4) is 0 Å². The van der Waals surface area contributed by atoms with E-state index in [9.17, 15) is 4.79 Å².